The molecule has 0 bridgehead atoms. The van der Waals surface area contributed by atoms with Crippen molar-refractivity contribution in [3.8, 4) is 11.8 Å². The van der Waals surface area contributed by atoms with Gasteiger partial charge in [0.15, 0.2) is 0 Å². The van der Waals surface area contributed by atoms with Gasteiger partial charge in [-0.05, 0) is 36.4 Å². The molecule has 1 aliphatic heterocycles. The third kappa shape index (κ3) is 3.40. The Bertz CT molecular complexity index is 1040. The summed E-state index contributed by atoms with van der Waals surface area (Å²) < 4.78 is 5.56. The second kappa shape index (κ2) is 7.85. The average Bonchev–Trinajstić information content (AvgIpc) is 2.79. The van der Waals surface area contributed by atoms with Crippen LogP contribution in [-0.4, -0.2) is 26.0 Å². The molecule has 28 heavy (non-hydrogen) atoms. The molecule has 5 nitrogen and oxygen atoms in total. The first-order chi connectivity index (χ1) is 13.8. The van der Waals surface area contributed by atoms with E-state index < -0.39 is 0 Å². The van der Waals surface area contributed by atoms with Gasteiger partial charge in [-0.1, -0.05) is 42.5 Å². The van der Waals surface area contributed by atoms with Crippen LogP contribution in [0.1, 0.15) is 11.1 Å². The van der Waals surface area contributed by atoms with Gasteiger partial charge in [-0.15, -0.1) is 0 Å². The van der Waals surface area contributed by atoms with Crippen LogP contribution in [0.25, 0.3) is 0 Å². The van der Waals surface area contributed by atoms with Crippen LogP contribution in [-0.2, 0) is 0 Å². The van der Waals surface area contributed by atoms with Crippen molar-refractivity contribution in [3.63, 3.8) is 0 Å². The number of hydrazone groups is 1. The van der Waals surface area contributed by atoms with Gasteiger partial charge in [-0.2, -0.15) is 10.4 Å². The highest BCUT2D eigenvalue weighted by molar-refractivity contribution is 6.06. The van der Waals surface area contributed by atoms with Gasteiger partial charge < -0.3 is 9.64 Å². The number of benzene rings is 3. The Morgan fingerprint density at radius 2 is 1.64 bits per heavy atom. The number of nitrogens with zero attached hydrogens (tertiary/aromatic N) is 4. The first kappa shape index (κ1) is 17.6. The SMILES string of the molecule is COc1ccccc1C1=NN(c2ccccc2C#N)CN(c2ccccc2)C1. The molecule has 3 aromatic rings. The lowest BCUT2D eigenvalue weighted by atomic mass is 10.1. The number of hydrogen-bond acceptors (Lipinski definition) is 5. The molecule has 138 valence electrons. The fourth-order valence-electron chi connectivity index (χ4n) is 3.36. The molecule has 1 aliphatic rings. The van der Waals surface area contributed by atoms with Gasteiger partial charge in [0.2, 0.25) is 0 Å². The van der Waals surface area contributed by atoms with E-state index in [4.69, 9.17) is 9.84 Å². The van der Waals surface area contributed by atoms with Crippen molar-refractivity contribution >= 4 is 17.1 Å². The number of rotatable bonds is 4. The standard InChI is InChI=1S/C23H20N4O/c1-28-23-14-8-6-12-20(23)21-16-26(19-10-3-2-4-11-19)17-27(25-21)22-13-7-5-9-18(22)15-24/h2-14H,16-17H2,1H3. The van der Waals surface area contributed by atoms with Crippen LogP contribution in [0.15, 0.2) is 84.0 Å². The minimum Gasteiger partial charge on any atom is -0.496 e. The Balaban J connectivity index is 1.81. The third-order valence-corrected chi connectivity index (χ3v) is 4.73. The van der Waals surface area contributed by atoms with Crippen LogP contribution >= 0.6 is 0 Å². The molecular formula is C23H20N4O. The molecule has 0 atom stereocenters. The molecular weight excluding hydrogens is 348 g/mol. The minimum atomic E-state index is 0.557. The Labute approximate surface area is 164 Å². The van der Waals surface area contributed by atoms with Gasteiger partial charge in [-0.3, -0.25) is 0 Å². The summed E-state index contributed by atoms with van der Waals surface area (Å²) in [6.07, 6.45) is 0. The number of hydrogen-bond donors (Lipinski definition) is 0. The Morgan fingerprint density at radius 3 is 2.43 bits per heavy atom. The van der Waals surface area contributed by atoms with Crippen molar-refractivity contribution in [3.05, 3.63) is 90.0 Å². The zero-order valence-corrected chi connectivity index (χ0v) is 15.6. The summed E-state index contributed by atoms with van der Waals surface area (Å²) in [6.45, 7) is 1.21. The first-order valence-electron chi connectivity index (χ1n) is 9.07. The molecule has 0 aliphatic carbocycles. The predicted molar refractivity (Wildman–Crippen MR) is 112 cm³/mol. The molecule has 3 aromatic carbocycles. The first-order valence-corrected chi connectivity index (χ1v) is 9.07. The number of ether oxygens (including phenoxy) is 1. The van der Waals surface area contributed by atoms with Gasteiger partial charge in [0, 0.05) is 11.3 Å². The minimum absolute atomic E-state index is 0.557. The zero-order valence-electron chi connectivity index (χ0n) is 15.6. The van der Waals surface area contributed by atoms with Gasteiger partial charge in [0.05, 0.1) is 30.6 Å². The topological polar surface area (TPSA) is 51.9 Å². The number of nitriles is 1. The fraction of sp³-hybridized carbons (Fsp3) is 0.130. The monoisotopic (exact) mass is 368 g/mol. The molecule has 0 amide bonds. The quantitative estimate of drug-likeness (QED) is 0.691. The molecule has 4 rings (SSSR count). The molecule has 0 spiro atoms. The Kier molecular flexibility index (Phi) is 4.94. The van der Waals surface area contributed by atoms with Crippen LogP contribution in [0.5, 0.6) is 5.75 Å². The summed E-state index contributed by atoms with van der Waals surface area (Å²) in [5, 5.41) is 16.3. The van der Waals surface area contributed by atoms with E-state index in [2.05, 4.69) is 23.1 Å². The molecule has 0 N–H and O–H groups in total. The van der Waals surface area contributed by atoms with Crippen LogP contribution in [0.4, 0.5) is 11.4 Å². The lowest BCUT2D eigenvalue weighted by Crippen LogP contribution is -2.44. The van der Waals surface area contributed by atoms with Crippen LogP contribution in [0.2, 0.25) is 0 Å². The van der Waals surface area contributed by atoms with Gasteiger partial charge in [0.1, 0.15) is 18.5 Å². The summed E-state index contributed by atoms with van der Waals surface area (Å²) >= 11 is 0. The van der Waals surface area contributed by atoms with E-state index in [0.29, 0.717) is 18.8 Å². The molecule has 5 heteroatoms. The highest BCUT2D eigenvalue weighted by atomic mass is 16.5. The molecule has 0 aromatic heterocycles. The van der Waals surface area contributed by atoms with Crippen molar-refractivity contribution < 1.29 is 4.74 Å². The lowest BCUT2D eigenvalue weighted by Gasteiger charge is -2.36. The summed E-state index contributed by atoms with van der Waals surface area (Å²) in [5.41, 5.74) is 4.33. The second-order valence-corrected chi connectivity index (χ2v) is 6.45. The fourth-order valence-corrected chi connectivity index (χ4v) is 3.36. The zero-order chi connectivity index (χ0) is 19.3. The largest absolute Gasteiger partial charge is 0.496 e. The van der Waals surface area contributed by atoms with Gasteiger partial charge in [0.25, 0.3) is 0 Å². The number of methoxy groups -OCH3 is 1. The van der Waals surface area contributed by atoms with E-state index in [1.165, 1.54) is 0 Å². The molecule has 1 heterocycles. The molecule has 0 radical (unpaired) electrons. The molecule has 0 saturated carbocycles. The van der Waals surface area contributed by atoms with E-state index in [0.717, 1.165) is 28.4 Å². The van der Waals surface area contributed by atoms with Crippen molar-refractivity contribution in [2.24, 2.45) is 5.10 Å². The summed E-state index contributed by atoms with van der Waals surface area (Å²) in [7, 11) is 1.67. The maximum atomic E-state index is 9.54. The van der Waals surface area contributed by atoms with Gasteiger partial charge >= 0.3 is 0 Å². The van der Waals surface area contributed by atoms with Crippen molar-refractivity contribution in [1.82, 2.24) is 0 Å². The summed E-state index contributed by atoms with van der Waals surface area (Å²) in [4.78, 5) is 2.24. The highest BCUT2D eigenvalue weighted by Gasteiger charge is 2.24. The molecule has 0 saturated heterocycles. The normalized spacial score (nSPS) is 13.6. The highest BCUT2D eigenvalue weighted by Crippen LogP contribution is 2.28. The Hall–Kier alpha value is -3.78. The van der Waals surface area contributed by atoms with E-state index in [1.54, 1.807) is 7.11 Å². The molecule has 0 fully saturated rings. The van der Waals surface area contributed by atoms with E-state index in [1.807, 2.05) is 71.7 Å². The lowest BCUT2D eigenvalue weighted by molar-refractivity contribution is 0.414. The van der Waals surface area contributed by atoms with Crippen LogP contribution in [0, 0.1) is 11.3 Å². The third-order valence-electron chi connectivity index (χ3n) is 4.73. The summed E-state index contributed by atoms with van der Waals surface area (Å²) in [5.74, 6) is 0.782. The van der Waals surface area contributed by atoms with Crippen LogP contribution < -0.4 is 14.6 Å². The number of anilines is 2. The average molecular weight is 368 g/mol. The van der Waals surface area contributed by atoms with Crippen molar-refractivity contribution in [2.75, 3.05) is 30.2 Å². The summed E-state index contributed by atoms with van der Waals surface area (Å²) in [6, 6.07) is 27.9. The smallest absolute Gasteiger partial charge is 0.128 e. The van der Waals surface area contributed by atoms with Crippen molar-refractivity contribution in [1.29, 1.82) is 5.26 Å². The van der Waals surface area contributed by atoms with E-state index >= 15 is 0 Å². The van der Waals surface area contributed by atoms with E-state index in [-0.39, 0.29) is 0 Å². The predicted octanol–water partition coefficient (Wildman–Crippen LogP) is 4.26. The second-order valence-electron chi connectivity index (χ2n) is 6.45. The van der Waals surface area contributed by atoms with Crippen molar-refractivity contribution in [2.45, 2.75) is 0 Å². The number of para-hydroxylation sites is 3. The van der Waals surface area contributed by atoms with Gasteiger partial charge in [-0.25, -0.2) is 5.01 Å². The maximum absolute atomic E-state index is 9.54. The maximum Gasteiger partial charge on any atom is 0.128 e. The van der Waals surface area contributed by atoms with E-state index in [9.17, 15) is 5.26 Å². The molecule has 0 unspecified atom stereocenters. The van der Waals surface area contributed by atoms with Crippen LogP contribution in [0.3, 0.4) is 0 Å². The Morgan fingerprint density at radius 1 is 0.929 bits per heavy atom.